The number of hydrogen-bond acceptors (Lipinski definition) is 3. The lowest BCUT2D eigenvalue weighted by atomic mass is 10.1. The topological polar surface area (TPSA) is 55.4 Å². The zero-order valence-electron chi connectivity index (χ0n) is 13.7. The molecule has 3 rings (SSSR count). The third-order valence-corrected chi connectivity index (χ3v) is 5.52. The van der Waals surface area contributed by atoms with E-state index in [9.17, 15) is 8.42 Å². The van der Waals surface area contributed by atoms with Crippen LogP contribution in [0.25, 0.3) is 10.8 Å². The predicted octanol–water partition coefficient (Wildman–Crippen LogP) is 4.37. The van der Waals surface area contributed by atoms with Crippen LogP contribution in [0.2, 0.25) is 5.02 Å². The Bertz CT molecular complexity index is 985. The van der Waals surface area contributed by atoms with Gasteiger partial charge in [0.1, 0.15) is 5.75 Å². The van der Waals surface area contributed by atoms with E-state index >= 15 is 0 Å². The molecule has 0 unspecified atom stereocenters. The highest BCUT2D eigenvalue weighted by molar-refractivity contribution is 7.89. The van der Waals surface area contributed by atoms with Gasteiger partial charge in [-0.2, -0.15) is 0 Å². The van der Waals surface area contributed by atoms with Crippen molar-refractivity contribution in [2.75, 3.05) is 6.61 Å². The molecule has 6 heteroatoms. The molecule has 3 aromatic rings. The third kappa shape index (κ3) is 3.95. The van der Waals surface area contributed by atoms with Gasteiger partial charge in [0.15, 0.2) is 0 Å². The minimum absolute atomic E-state index is 0.195. The van der Waals surface area contributed by atoms with Gasteiger partial charge in [0.05, 0.1) is 11.5 Å². The fourth-order valence-corrected chi connectivity index (χ4v) is 3.97. The largest absolute Gasteiger partial charge is 0.493 e. The summed E-state index contributed by atoms with van der Waals surface area (Å²) in [6.45, 7) is 2.61. The van der Waals surface area contributed by atoms with Crippen LogP contribution < -0.4 is 9.46 Å². The van der Waals surface area contributed by atoms with Crippen molar-refractivity contribution in [1.29, 1.82) is 0 Å². The summed E-state index contributed by atoms with van der Waals surface area (Å²) >= 11 is 5.85. The minimum Gasteiger partial charge on any atom is -0.493 e. The first-order valence-corrected chi connectivity index (χ1v) is 9.76. The van der Waals surface area contributed by atoms with Crippen LogP contribution in [0.15, 0.2) is 65.6 Å². The Hall–Kier alpha value is -2.08. The van der Waals surface area contributed by atoms with E-state index in [-0.39, 0.29) is 11.4 Å². The van der Waals surface area contributed by atoms with Crippen molar-refractivity contribution in [1.82, 2.24) is 4.72 Å². The maximum atomic E-state index is 12.8. The lowest BCUT2D eigenvalue weighted by molar-refractivity contribution is 0.344. The van der Waals surface area contributed by atoms with Crippen LogP contribution >= 0.6 is 11.6 Å². The number of halogens is 1. The summed E-state index contributed by atoms with van der Waals surface area (Å²) in [7, 11) is -3.67. The van der Waals surface area contributed by atoms with E-state index < -0.39 is 10.0 Å². The summed E-state index contributed by atoms with van der Waals surface area (Å²) in [4.78, 5) is 0.237. The average Bonchev–Trinajstić information content (AvgIpc) is 2.61. The molecule has 3 aromatic carbocycles. The number of hydrogen-bond donors (Lipinski definition) is 1. The number of rotatable bonds is 6. The Labute approximate surface area is 152 Å². The Morgan fingerprint density at radius 2 is 1.64 bits per heavy atom. The smallest absolute Gasteiger partial charge is 0.241 e. The van der Waals surface area contributed by atoms with Gasteiger partial charge >= 0.3 is 0 Å². The van der Waals surface area contributed by atoms with Gasteiger partial charge in [-0.05, 0) is 36.8 Å². The summed E-state index contributed by atoms with van der Waals surface area (Å²) in [5.74, 6) is 0.676. The molecule has 0 heterocycles. The first kappa shape index (κ1) is 17.7. The molecule has 1 N–H and O–H groups in total. The molecule has 0 radical (unpaired) electrons. The molecule has 0 aliphatic carbocycles. The Balaban J connectivity index is 1.94. The molecule has 25 heavy (non-hydrogen) atoms. The highest BCUT2D eigenvalue weighted by Crippen LogP contribution is 2.31. The first-order valence-electron chi connectivity index (χ1n) is 7.90. The van der Waals surface area contributed by atoms with E-state index in [1.165, 1.54) is 0 Å². The normalized spacial score (nSPS) is 11.6. The van der Waals surface area contributed by atoms with Gasteiger partial charge in [0, 0.05) is 22.3 Å². The molecule has 130 valence electrons. The van der Waals surface area contributed by atoms with Gasteiger partial charge in [-0.15, -0.1) is 0 Å². The zero-order chi connectivity index (χ0) is 17.9. The van der Waals surface area contributed by atoms with Crippen molar-refractivity contribution in [2.45, 2.75) is 18.4 Å². The molecule has 0 aliphatic rings. The SMILES string of the molecule is CCOc1ccc(S(=O)(=O)NCc2ccc(Cl)cc2)c2ccccc12. The summed E-state index contributed by atoms with van der Waals surface area (Å²) in [6.07, 6.45) is 0. The van der Waals surface area contributed by atoms with Gasteiger partial charge < -0.3 is 4.74 Å². The maximum Gasteiger partial charge on any atom is 0.241 e. The molecular weight excluding hydrogens is 358 g/mol. The van der Waals surface area contributed by atoms with E-state index in [0.717, 1.165) is 10.9 Å². The van der Waals surface area contributed by atoms with Crippen LogP contribution in [0.5, 0.6) is 5.75 Å². The molecule has 0 saturated carbocycles. The number of fused-ring (bicyclic) bond motifs is 1. The predicted molar refractivity (Wildman–Crippen MR) is 101 cm³/mol. The maximum absolute atomic E-state index is 12.8. The fourth-order valence-electron chi connectivity index (χ4n) is 2.62. The van der Waals surface area contributed by atoms with Crippen LogP contribution in [-0.2, 0) is 16.6 Å². The molecule has 4 nitrogen and oxygen atoms in total. The van der Waals surface area contributed by atoms with Crippen molar-refractivity contribution in [2.24, 2.45) is 0 Å². The highest BCUT2D eigenvalue weighted by atomic mass is 35.5. The van der Waals surface area contributed by atoms with Crippen molar-refractivity contribution in [3.63, 3.8) is 0 Å². The summed E-state index contributed by atoms with van der Waals surface area (Å²) < 4.78 is 33.8. The molecule has 0 aliphatic heterocycles. The monoisotopic (exact) mass is 375 g/mol. The van der Waals surface area contributed by atoms with E-state index in [0.29, 0.717) is 22.8 Å². The number of benzene rings is 3. The molecule has 0 fully saturated rings. The Morgan fingerprint density at radius 1 is 0.960 bits per heavy atom. The van der Waals surface area contributed by atoms with Crippen molar-refractivity contribution in [3.05, 3.63) is 71.2 Å². The van der Waals surface area contributed by atoms with E-state index in [1.54, 1.807) is 42.5 Å². The zero-order valence-corrected chi connectivity index (χ0v) is 15.3. The molecule has 0 aromatic heterocycles. The Morgan fingerprint density at radius 3 is 2.32 bits per heavy atom. The first-order chi connectivity index (χ1) is 12.0. The van der Waals surface area contributed by atoms with E-state index in [1.807, 2.05) is 25.1 Å². The second-order valence-electron chi connectivity index (χ2n) is 5.49. The van der Waals surface area contributed by atoms with Crippen molar-refractivity contribution >= 4 is 32.4 Å². The molecule has 0 atom stereocenters. The second-order valence-corrected chi connectivity index (χ2v) is 7.66. The standard InChI is InChI=1S/C19H18ClNO3S/c1-2-24-18-11-12-19(17-6-4-3-5-16(17)18)25(22,23)21-13-14-7-9-15(20)10-8-14/h3-12,21H,2,13H2,1H3. The fraction of sp³-hybridized carbons (Fsp3) is 0.158. The van der Waals surface area contributed by atoms with Crippen molar-refractivity contribution in [3.8, 4) is 5.75 Å². The Kier molecular flexibility index (Phi) is 5.27. The van der Waals surface area contributed by atoms with Gasteiger partial charge in [-0.1, -0.05) is 48.0 Å². The number of sulfonamides is 1. The molecular formula is C19H18ClNO3S. The molecule has 0 bridgehead atoms. The molecule has 0 saturated heterocycles. The van der Waals surface area contributed by atoms with Crippen LogP contribution in [0.4, 0.5) is 0 Å². The quantitative estimate of drug-likeness (QED) is 0.696. The van der Waals surface area contributed by atoms with Crippen LogP contribution in [0.1, 0.15) is 12.5 Å². The summed E-state index contributed by atoms with van der Waals surface area (Å²) in [6, 6.07) is 17.7. The highest BCUT2D eigenvalue weighted by Gasteiger charge is 2.18. The molecule has 0 spiro atoms. The van der Waals surface area contributed by atoms with Crippen LogP contribution in [0.3, 0.4) is 0 Å². The summed E-state index contributed by atoms with van der Waals surface area (Å²) in [5, 5.41) is 2.03. The molecule has 0 amide bonds. The van der Waals surface area contributed by atoms with Gasteiger partial charge in [-0.3, -0.25) is 0 Å². The van der Waals surface area contributed by atoms with Gasteiger partial charge in [0.2, 0.25) is 10.0 Å². The number of nitrogens with one attached hydrogen (secondary N) is 1. The van der Waals surface area contributed by atoms with Crippen LogP contribution in [0, 0.1) is 0 Å². The second kappa shape index (κ2) is 7.44. The minimum atomic E-state index is -3.67. The van der Waals surface area contributed by atoms with E-state index in [2.05, 4.69) is 4.72 Å². The van der Waals surface area contributed by atoms with Gasteiger partial charge in [0.25, 0.3) is 0 Å². The van der Waals surface area contributed by atoms with Crippen LogP contribution in [-0.4, -0.2) is 15.0 Å². The van der Waals surface area contributed by atoms with Crippen molar-refractivity contribution < 1.29 is 13.2 Å². The van der Waals surface area contributed by atoms with E-state index in [4.69, 9.17) is 16.3 Å². The third-order valence-electron chi connectivity index (χ3n) is 3.81. The number of ether oxygens (including phenoxy) is 1. The van der Waals surface area contributed by atoms with Gasteiger partial charge in [-0.25, -0.2) is 13.1 Å². The summed E-state index contributed by atoms with van der Waals surface area (Å²) in [5.41, 5.74) is 0.836. The average molecular weight is 376 g/mol. The lowest BCUT2D eigenvalue weighted by Gasteiger charge is -2.13. The lowest BCUT2D eigenvalue weighted by Crippen LogP contribution is -2.23.